The minimum atomic E-state index is -0.573. The molecule has 2 N–H and O–H groups in total. The number of fused-ring (bicyclic) bond motifs is 8. The Hall–Kier alpha value is -7.34. The van der Waals surface area contributed by atoms with E-state index in [2.05, 4.69) is 109 Å². The van der Waals surface area contributed by atoms with E-state index in [9.17, 15) is 9.59 Å². The predicted molar refractivity (Wildman–Crippen MR) is 325 cm³/mol. The van der Waals surface area contributed by atoms with Crippen LogP contribution in [0.1, 0.15) is 112 Å². The number of hydrogen-bond acceptors (Lipinski definition) is 7. The fraction of sp³-hybridized carbons (Fsp3) is 0.382. The van der Waals surface area contributed by atoms with Crippen LogP contribution in [0.25, 0.3) is 90.9 Å². The largest absolute Gasteiger partial charge is 2.00 e. The van der Waals surface area contributed by atoms with Crippen LogP contribution in [0.15, 0.2) is 122 Å². The Morgan fingerprint density at radius 1 is 0.469 bits per heavy atom. The number of nitrogens with one attached hydrogen (secondary N) is 2. The molecule has 0 spiro atoms. The maximum atomic E-state index is 14.6. The van der Waals surface area contributed by atoms with Gasteiger partial charge in [0.15, 0.2) is 12.4 Å². The zero-order valence-electron chi connectivity index (χ0n) is 49.2. The molecule has 2 aliphatic rings. The van der Waals surface area contributed by atoms with Crippen LogP contribution in [0.2, 0.25) is 0 Å². The zero-order chi connectivity index (χ0) is 56.8. The maximum absolute atomic E-state index is 14.6. The number of carbonyl (C=O) groups is 2. The summed E-state index contributed by atoms with van der Waals surface area (Å²) in [5, 5.41) is 6.47. The van der Waals surface area contributed by atoms with Crippen molar-refractivity contribution >= 4 is 58.2 Å². The van der Waals surface area contributed by atoms with Crippen molar-refractivity contribution in [1.82, 2.24) is 45.5 Å². The van der Waals surface area contributed by atoms with Crippen molar-refractivity contribution in [2.75, 3.05) is 13.1 Å². The molecule has 8 atom stereocenters. The van der Waals surface area contributed by atoms with Crippen LogP contribution in [-0.4, -0.2) is 49.8 Å². The fourth-order valence-electron chi connectivity index (χ4n) is 12.0. The molecule has 0 saturated carbocycles. The number of pyridine rings is 4. The summed E-state index contributed by atoms with van der Waals surface area (Å²) in [7, 11) is 0. The molecule has 1 radical (unpaired) electrons. The summed E-state index contributed by atoms with van der Waals surface area (Å²) < 4.78 is 1.87. The molecule has 13 heteroatoms. The Morgan fingerprint density at radius 3 is 1.17 bits per heavy atom. The zero-order valence-corrected chi connectivity index (χ0v) is 50.3. The monoisotopic (exact) mass is 1120 g/mol. The molecule has 2 aliphatic heterocycles. The third-order valence-electron chi connectivity index (χ3n) is 18.5. The normalized spacial score (nSPS) is 15.5. The Kier molecular flexibility index (Phi) is 19.2. The number of aromatic nitrogens is 8. The molecule has 8 bridgehead atoms. The second-order valence-electron chi connectivity index (χ2n) is 23.4. The quantitative estimate of drug-likeness (QED) is 0.0431. The van der Waals surface area contributed by atoms with Crippen LogP contribution in [0.4, 0.5) is 0 Å². The van der Waals surface area contributed by atoms with Crippen LogP contribution in [0.5, 0.6) is 0 Å². The number of hydrogen-bond donors (Lipinski definition) is 2. The minimum Gasteiger partial charge on any atom is -0.657 e. The van der Waals surface area contributed by atoms with Gasteiger partial charge >= 0.3 is 17.1 Å². The summed E-state index contributed by atoms with van der Waals surface area (Å²) >= 11 is 0. The minimum absolute atomic E-state index is 0. The van der Waals surface area contributed by atoms with E-state index in [1.54, 1.807) is 37.2 Å². The molecule has 8 unspecified atom stereocenters. The van der Waals surface area contributed by atoms with Crippen molar-refractivity contribution in [2.45, 2.75) is 96.1 Å². The molecule has 81 heavy (non-hydrogen) atoms. The second-order valence-corrected chi connectivity index (χ2v) is 23.4. The van der Waals surface area contributed by atoms with Gasteiger partial charge < -0.3 is 20.6 Å². The van der Waals surface area contributed by atoms with E-state index in [1.165, 1.54) is 0 Å². The van der Waals surface area contributed by atoms with Gasteiger partial charge in [-0.15, -0.1) is 22.1 Å². The van der Waals surface area contributed by atoms with E-state index in [0.29, 0.717) is 60.9 Å². The van der Waals surface area contributed by atoms with Gasteiger partial charge in [0.05, 0.1) is 28.2 Å². The first-order chi connectivity index (χ1) is 38.5. The van der Waals surface area contributed by atoms with Gasteiger partial charge in [-0.1, -0.05) is 107 Å². The maximum Gasteiger partial charge on any atom is 2.00 e. The van der Waals surface area contributed by atoms with Crippen LogP contribution in [-0.2, 0) is 33.2 Å². The molecule has 0 aliphatic carbocycles. The van der Waals surface area contributed by atoms with Crippen molar-refractivity contribution in [3.8, 4) is 44.5 Å². The Balaban J connectivity index is 0.00000860. The average molecular weight is 1120 g/mol. The Labute approximate surface area is 489 Å². The number of rotatable bonds is 20. The van der Waals surface area contributed by atoms with E-state index in [4.69, 9.17) is 19.9 Å². The molecule has 7 aromatic rings. The fourth-order valence-corrected chi connectivity index (χ4v) is 12.0. The molecular weight excluding hydrogens is 1040 g/mol. The average Bonchev–Trinajstić information content (AvgIpc) is 4.34. The summed E-state index contributed by atoms with van der Waals surface area (Å²) in [5.41, 5.74) is 12.5. The molecular formula is C68H79MnN10O2+. The van der Waals surface area contributed by atoms with Gasteiger partial charge in [-0.05, 0) is 165 Å². The summed E-state index contributed by atoms with van der Waals surface area (Å²) in [6.45, 7) is 28.8. The Morgan fingerprint density at radius 2 is 0.802 bits per heavy atom. The molecule has 7 aromatic heterocycles. The molecule has 419 valence electrons. The topological polar surface area (TPSA) is 155 Å². The van der Waals surface area contributed by atoms with Crippen LogP contribution < -0.4 is 25.2 Å². The molecule has 0 aromatic carbocycles. The summed E-state index contributed by atoms with van der Waals surface area (Å²) in [4.78, 5) is 62.5. The predicted octanol–water partition coefficient (Wildman–Crippen LogP) is 13.4. The molecule has 0 fully saturated rings. The summed E-state index contributed by atoms with van der Waals surface area (Å²) in [5.74, 6) is 3.62. The van der Waals surface area contributed by atoms with E-state index < -0.39 is 5.41 Å². The van der Waals surface area contributed by atoms with Crippen molar-refractivity contribution in [2.24, 2.45) is 58.7 Å². The van der Waals surface area contributed by atoms with Crippen LogP contribution in [0.3, 0.4) is 0 Å². The SMILES string of the molecule is CC(C)C(C)C(C)C(C)C(C)C(C)(C(=O)NCCCNC(=O)C[n+]1ccc(-c2c3nc(c(-c4ccncc4)c4ccc([n-]4)c(-c4ccncc4)c4nc(c(-c5ccncc5)c5ccc2[n-]5)C=C4)C=C3)cc1)C(C)C(C)C(C)C(C)C.[Mn+2]. The van der Waals surface area contributed by atoms with Gasteiger partial charge in [0.1, 0.15) is 0 Å². The summed E-state index contributed by atoms with van der Waals surface area (Å²) in [6, 6.07) is 24.1. The van der Waals surface area contributed by atoms with Crippen LogP contribution >= 0.6 is 0 Å². The van der Waals surface area contributed by atoms with Gasteiger partial charge in [0.2, 0.25) is 12.5 Å². The third kappa shape index (κ3) is 12.8. The first kappa shape index (κ1) is 59.8. The third-order valence-corrected chi connectivity index (χ3v) is 18.5. The molecule has 0 saturated heterocycles. The van der Waals surface area contributed by atoms with E-state index in [0.717, 1.165) is 89.4 Å². The van der Waals surface area contributed by atoms with Gasteiger partial charge in [-0.3, -0.25) is 24.5 Å². The van der Waals surface area contributed by atoms with E-state index in [1.807, 2.05) is 114 Å². The molecule has 2 amide bonds. The van der Waals surface area contributed by atoms with Crippen molar-refractivity contribution in [3.63, 3.8) is 0 Å². The van der Waals surface area contributed by atoms with Crippen molar-refractivity contribution in [1.29, 1.82) is 0 Å². The van der Waals surface area contributed by atoms with Gasteiger partial charge in [0, 0.05) is 62.4 Å². The smallest absolute Gasteiger partial charge is 0.657 e. The van der Waals surface area contributed by atoms with E-state index >= 15 is 0 Å². The second kappa shape index (κ2) is 26.1. The molecule has 12 nitrogen and oxygen atoms in total. The van der Waals surface area contributed by atoms with Crippen molar-refractivity contribution < 1.29 is 31.2 Å². The van der Waals surface area contributed by atoms with Gasteiger partial charge in [0.25, 0.3) is 5.91 Å². The molecule has 9 heterocycles. The van der Waals surface area contributed by atoms with Crippen molar-refractivity contribution in [3.05, 3.63) is 145 Å². The number of nitrogens with zero attached hydrogens (tertiary/aromatic N) is 8. The van der Waals surface area contributed by atoms with Crippen LogP contribution in [0, 0.1) is 58.7 Å². The Bertz CT molecular complexity index is 3500. The van der Waals surface area contributed by atoms with Gasteiger partial charge in [-0.2, -0.15) is 4.57 Å². The summed E-state index contributed by atoms with van der Waals surface area (Å²) in [6.07, 6.45) is 23.3. The number of amides is 2. The standard InChI is InChI=1S/C68H80N10O2.Mn/c1-41(2)43(5)45(7)47(9)49(11)68(12,48(10)46(8)44(6)42(3)4)67(80)73-31-13-30-72-62(79)40-78-38-28-53(29-39-78)66-60-20-18-58(76-60)64(51-24-34-70-35-25-51)56-16-14-54(74-56)63(50-22-32-69-33-23-50)55-15-17-57(75-55)65(52-26-36-71-37-27-52)59-19-21-61(66)77-59;/h14-29,32-39,41-49H,13,30-31,40H2,1-12H3,(H3,72,73,74,75,76,77,79,80);/q;+2/p-1. The first-order valence-electron chi connectivity index (χ1n) is 28.8. The van der Waals surface area contributed by atoms with E-state index in [-0.39, 0.29) is 47.3 Å². The van der Waals surface area contributed by atoms with Gasteiger partial charge in [-0.25, -0.2) is 9.97 Å². The first-order valence-corrected chi connectivity index (χ1v) is 28.8. The number of carbonyl (C=O) groups excluding carboxylic acids is 2. The molecule has 9 rings (SSSR count).